The van der Waals surface area contributed by atoms with Crippen LogP contribution < -0.4 is 20.1 Å². The van der Waals surface area contributed by atoms with Crippen LogP contribution in [0.3, 0.4) is 0 Å². The van der Waals surface area contributed by atoms with E-state index in [9.17, 15) is 4.39 Å². The fourth-order valence-corrected chi connectivity index (χ4v) is 2.72. The molecule has 2 N–H and O–H groups in total. The highest BCUT2D eigenvalue weighted by molar-refractivity contribution is 14.0. The third-order valence-electron chi connectivity index (χ3n) is 4.17. The fourth-order valence-electron chi connectivity index (χ4n) is 2.72. The van der Waals surface area contributed by atoms with Gasteiger partial charge in [0, 0.05) is 43.5 Å². The van der Waals surface area contributed by atoms with Crippen molar-refractivity contribution in [3.8, 4) is 17.4 Å². The average Bonchev–Trinajstić information content (AvgIpc) is 2.75. The zero-order valence-corrected chi connectivity index (χ0v) is 19.1. The number of aromatic nitrogens is 1. The smallest absolute Gasteiger partial charge is 0.224 e. The van der Waals surface area contributed by atoms with Crippen LogP contribution >= 0.6 is 24.0 Å². The Balaban J connectivity index is 0.00000320. The van der Waals surface area contributed by atoms with E-state index in [0.717, 1.165) is 16.9 Å². The molecule has 2 aromatic carbocycles. The lowest BCUT2D eigenvalue weighted by molar-refractivity contribution is 0.409. The maximum absolute atomic E-state index is 13.4. The molecular weight excluding hydrogens is 498 g/mol. The Labute approximate surface area is 192 Å². The molecule has 0 aliphatic heterocycles. The van der Waals surface area contributed by atoms with Gasteiger partial charge in [-0.1, -0.05) is 30.3 Å². The van der Waals surface area contributed by atoms with Crippen LogP contribution in [0.2, 0.25) is 0 Å². The molecule has 0 fully saturated rings. The van der Waals surface area contributed by atoms with Crippen LogP contribution in [-0.2, 0) is 13.1 Å². The van der Waals surface area contributed by atoms with Gasteiger partial charge in [0.15, 0.2) is 5.96 Å². The number of ether oxygens (including phenoxy) is 2. The van der Waals surface area contributed by atoms with Crippen molar-refractivity contribution in [1.29, 1.82) is 0 Å². The SMILES string of the molecule is CN=C(NCc1ccccc1OC)NCc1cccnc1Oc1cccc(F)c1.I. The molecule has 3 rings (SSSR count). The molecule has 6 nitrogen and oxygen atoms in total. The van der Waals surface area contributed by atoms with Crippen LogP contribution in [0.15, 0.2) is 71.9 Å². The Morgan fingerprint density at radius 1 is 1.00 bits per heavy atom. The second-order valence-electron chi connectivity index (χ2n) is 6.12. The molecule has 3 aromatic rings. The summed E-state index contributed by atoms with van der Waals surface area (Å²) in [7, 11) is 3.35. The maximum atomic E-state index is 13.4. The molecule has 0 atom stereocenters. The van der Waals surface area contributed by atoms with Gasteiger partial charge in [0.05, 0.1) is 7.11 Å². The van der Waals surface area contributed by atoms with Crippen molar-refractivity contribution in [3.05, 3.63) is 83.8 Å². The summed E-state index contributed by atoms with van der Waals surface area (Å²) in [4.78, 5) is 8.50. The van der Waals surface area contributed by atoms with Crippen molar-refractivity contribution in [2.24, 2.45) is 4.99 Å². The standard InChI is InChI=1S/C22H23FN4O2.HI/c1-24-22(26-14-16-7-3-4-11-20(16)28-2)27-15-17-8-6-12-25-21(17)29-19-10-5-9-18(23)13-19;/h3-13H,14-15H2,1-2H3,(H2,24,26,27);1H. The zero-order chi connectivity index (χ0) is 20.5. The molecule has 0 amide bonds. The van der Waals surface area contributed by atoms with Crippen molar-refractivity contribution in [1.82, 2.24) is 15.6 Å². The van der Waals surface area contributed by atoms with Gasteiger partial charge < -0.3 is 20.1 Å². The molecule has 0 saturated heterocycles. The molecule has 0 aliphatic carbocycles. The summed E-state index contributed by atoms with van der Waals surface area (Å²) in [6, 6.07) is 17.5. The largest absolute Gasteiger partial charge is 0.496 e. The summed E-state index contributed by atoms with van der Waals surface area (Å²) in [5.41, 5.74) is 1.84. The van der Waals surface area contributed by atoms with Crippen molar-refractivity contribution in [2.75, 3.05) is 14.2 Å². The predicted octanol–water partition coefficient (Wildman–Crippen LogP) is 4.50. The topological polar surface area (TPSA) is 67.8 Å². The molecular formula is C22H24FIN4O2. The van der Waals surface area contributed by atoms with E-state index in [1.165, 1.54) is 12.1 Å². The molecule has 0 bridgehead atoms. The minimum atomic E-state index is -0.362. The number of benzene rings is 2. The summed E-state index contributed by atoms with van der Waals surface area (Å²) >= 11 is 0. The molecule has 0 saturated carbocycles. The van der Waals surface area contributed by atoms with Gasteiger partial charge in [0.2, 0.25) is 5.88 Å². The minimum Gasteiger partial charge on any atom is -0.496 e. The first kappa shape index (κ1) is 23.4. The van der Waals surface area contributed by atoms with Crippen LogP contribution in [0.4, 0.5) is 4.39 Å². The number of pyridine rings is 1. The third kappa shape index (κ3) is 6.58. The minimum absolute atomic E-state index is 0. The first-order valence-corrected chi connectivity index (χ1v) is 9.13. The normalized spacial score (nSPS) is 10.7. The first-order valence-electron chi connectivity index (χ1n) is 9.13. The average molecular weight is 522 g/mol. The second kappa shape index (κ2) is 12.0. The molecule has 0 radical (unpaired) electrons. The van der Waals surface area contributed by atoms with Crippen molar-refractivity contribution in [2.45, 2.75) is 13.1 Å². The lowest BCUT2D eigenvalue weighted by atomic mass is 10.2. The van der Waals surface area contributed by atoms with E-state index in [1.54, 1.807) is 32.5 Å². The van der Waals surface area contributed by atoms with Gasteiger partial charge in [-0.05, 0) is 24.3 Å². The molecule has 30 heavy (non-hydrogen) atoms. The lowest BCUT2D eigenvalue weighted by Crippen LogP contribution is -2.36. The van der Waals surface area contributed by atoms with E-state index in [1.807, 2.05) is 36.4 Å². The van der Waals surface area contributed by atoms with Gasteiger partial charge in [0.25, 0.3) is 0 Å². The Kier molecular flexibility index (Phi) is 9.33. The van der Waals surface area contributed by atoms with Crippen LogP contribution in [0.25, 0.3) is 0 Å². The van der Waals surface area contributed by atoms with E-state index in [4.69, 9.17) is 9.47 Å². The summed E-state index contributed by atoms with van der Waals surface area (Å²) in [5, 5.41) is 6.49. The number of methoxy groups -OCH3 is 1. The monoisotopic (exact) mass is 522 g/mol. The van der Waals surface area contributed by atoms with Gasteiger partial charge in [-0.3, -0.25) is 4.99 Å². The van der Waals surface area contributed by atoms with E-state index >= 15 is 0 Å². The highest BCUT2D eigenvalue weighted by atomic mass is 127. The number of rotatable bonds is 7. The highest BCUT2D eigenvalue weighted by Gasteiger charge is 2.09. The lowest BCUT2D eigenvalue weighted by Gasteiger charge is -2.15. The van der Waals surface area contributed by atoms with E-state index in [0.29, 0.717) is 30.7 Å². The van der Waals surface area contributed by atoms with Crippen LogP contribution in [0.1, 0.15) is 11.1 Å². The number of nitrogens with zero attached hydrogens (tertiary/aromatic N) is 2. The van der Waals surface area contributed by atoms with Crippen LogP contribution in [0, 0.1) is 5.82 Å². The van der Waals surface area contributed by atoms with E-state index in [2.05, 4.69) is 20.6 Å². The summed E-state index contributed by atoms with van der Waals surface area (Å²) in [5.74, 6) is 1.87. The van der Waals surface area contributed by atoms with Gasteiger partial charge >= 0.3 is 0 Å². The number of para-hydroxylation sites is 1. The molecule has 1 heterocycles. The van der Waals surface area contributed by atoms with Crippen LogP contribution in [-0.4, -0.2) is 25.1 Å². The molecule has 1 aromatic heterocycles. The highest BCUT2D eigenvalue weighted by Crippen LogP contribution is 2.23. The Hall–Kier alpha value is -2.88. The number of nitrogens with one attached hydrogen (secondary N) is 2. The number of guanidine groups is 1. The number of hydrogen-bond acceptors (Lipinski definition) is 4. The van der Waals surface area contributed by atoms with Gasteiger partial charge in [0.1, 0.15) is 17.3 Å². The van der Waals surface area contributed by atoms with E-state index in [-0.39, 0.29) is 29.8 Å². The van der Waals surface area contributed by atoms with Gasteiger partial charge in [-0.25, -0.2) is 9.37 Å². The van der Waals surface area contributed by atoms with Crippen molar-refractivity contribution < 1.29 is 13.9 Å². The molecule has 0 aliphatic rings. The quantitative estimate of drug-likeness (QED) is 0.272. The summed E-state index contributed by atoms with van der Waals surface area (Å²) < 4.78 is 24.5. The molecule has 0 unspecified atom stereocenters. The third-order valence-corrected chi connectivity index (χ3v) is 4.17. The molecule has 158 valence electrons. The first-order chi connectivity index (χ1) is 14.2. The Morgan fingerprint density at radius 2 is 1.73 bits per heavy atom. The van der Waals surface area contributed by atoms with Crippen LogP contribution in [0.5, 0.6) is 17.4 Å². The van der Waals surface area contributed by atoms with Gasteiger partial charge in [-0.15, -0.1) is 24.0 Å². The molecule has 0 spiro atoms. The zero-order valence-electron chi connectivity index (χ0n) is 16.8. The summed E-state index contributed by atoms with van der Waals surface area (Å²) in [6.07, 6.45) is 1.63. The number of hydrogen-bond donors (Lipinski definition) is 2. The van der Waals surface area contributed by atoms with Gasteiger partial charge in [-0.2, -0.15) is 0 Å². The fraction of sp³-hybridized carbons (Fsp3) is 0.182. The van der Waals surface area contributed by atoms with Crippen molar-refractivity contribution in [3.63, 3.8) is 0 Å². The Bertz CT molecular complexity index is 985. The van der Waals surface area contributed by atoms with Crippen molar-refractivity contribution >= 4 is 29.9 Å². The predicted molar refractivity (Wildman–Crippen MR) is 126 cm³/mol. The summed E-state index contributed by atoms with van der Waals surface area (Å²) in [6.45, 7) is 0.994. The number of aliphatic imine (C=N–C) groups is 1. The Morgan fingerprint density at radius 3 is 2.47 bits per heavy atom. The van der Waals surface area contributed by atoms with E-state index < -0.39 is 0 Å². The molecule has 8 heteroatoms. The second-order valence-corrected chi connectivity index (χ2v) is 6.12. The maximum Gasteiger partial charge on any atom is 0.224 e. The number of halogens is 2.